The Labute approximate surface area is 129 Å². The van der Waals surface area contributed by atoms with Gasteiger partial charge in [-0.15, -0.1) is 11.3 Å². The van der Waals surface area contributed by atoms with Crippen LogP contribution < -0.4 is 11.1 Å². The number of nitrogen functional groups attached to an aromatic ring is 1. The number of hydrogen-bond acceptors (Lipinski definition) is 5. The Morgan fingerprint density at radius 1 is 1.38 bits per heavy atom. The molecular weight excluding hydrogens is 308 g/mol. The molecule has 3 N–H and O–H groups in total. The average molecular weight is 319 g/mol. The number of fused-ring (bicyclic) bond motifs is 1. The van der Waals surface area contributed by atoms with E-state index in [2.05, 4.69) is 15.5 Å². The molecule has 1 aromatic carbocycles. The average Bonchev–Trinajstić information content (AvgIpc) is 2.83. The van der Waals surface area contributed by atoms with Crippen molar-refractivity contribution in [1.29, 1.82) is 0 Å². The fourth-order valence-corrected chi connectivity index (χ4v) is 3.13. The molecule has 106 valence electrons. The highest BCUT2D eigenvalue weighted by molar-refractivity contribution is 7.21. The van der Waals surface area contributed by atoms with Crippen LogP contribution in [0.5, 0.6) is 0 Å². The summed E-state index contributed by atoms with van der Waals surface area (Å²) in [7, 11) is 0. The lowest BCUT2D eigenvalue weighted by atomic mass is 10.2. The highest BCUT2D eigenvalue weighted by Crippen LogP contribution is 2.35. The molecule has 0 spiro atoms. The van der Waals surface area contributed by atoms with Crippen molar-refractivity contribution in [1.82, 2.24) is 15.5 Å². The van der Waals surface area contributed by atoms with Crippen molar-refractivity contribution >= 4 is 44.6 Å². The first kappa shape index (κ1) is 13.8. The van der Waals surface area contributed by atoms with Gasteiger partial charge < -0.3 is 11.1 Å². The molecule has 2 aromatic heterocycles. The van der Waals surface area contributed by atoms with Crippen LogP contribution in [0.1, 0.15) is 15.4 Å². The van der Waals surface area contributed by atoms with E-state index in [-0.39, 0.29) is 5.91 Å². The van der Waals surface area contributed by atoms with Crippen molar-refractivity contribution in [3.63, 3.8) is 0 Å². The number of hydrogen-bond donors (Lipinski definition) is 2. The number of amides is 1. The van der Waals surface area contributed by atoms with Crippen LogP contribution >= 0.6 is 22.9 Å². The second kappa shape index (κ2) is 5.67. The van der Waals surface area contributed by atoms with E-state index in [1.165, 1.54) is 11.3 Å². The molecule has 0 aliphatic heterocycles. The van der Waals surface area contributed by atoms with Gasteiger partial charge in [0.05, 0.1) is 17.9 Å². The van der Waals surface area contributed by atoms with Gasteiger partial charge in [0.15, 0.2) is 0 Å². The summed E-state index contributed by atoms with van der Waals surface area (Å²) in [5, 5.41) is 11.9. The number of carbonyl (C=O) groups is 1. The summed E-state index contributed by atoms with van der Waals surface area (Å²) in [6, 6.07) is 8.97. The van der Waals surface area contributed by atoms with E-state index >= 15 is 0 Å². The number of halogens is 1. The molecule has 0 bridgehead atoms. The van der Waals surface area contributed by atoms with E-state index in [0.717, 1.165) is 10.1 Å². The SMILES string of the molecule is Nc1c(C(=O)NCc2cccnn2)sc2ccc(Cl)cc12. The third-order valence-corrected chi connectivity index (χ3v) is 4.37. The normalized spacial score (nSPS) is 10.7. The fourth-order valence-electron chi connectivity index (χ4n) is 1.94. The molecule has 0 atom stereocenters. The minimum absolute atomic E-state index is 0.226. The molecule has 1 amide bonds. The summed E-state index contributed by atoms with van der Waals surface area (Å²) in [6.45, 7) is 0.307. The molecule has 7 heteroatoms. The largest absolute Gasteiger partial charge is 0.397 e. The van der Waals surface area contributed by atoms with Crippen LogP contribution in [0.2, 0.25) is 5.02 Å². The van der Waals surface area contributed by atoms with Gasteiger partial charge >= 0.3 is 0 Å². The molecule has 3 aromatic rings. The molecule has 2 heterocycles. The molecular formula is C14H11ClN4OS. The Balaban J connectivity index is 1.83. The first-order chi connectivity index (χ1) is 10.1. The lowest BCUT2D eigenvalue weighted by Gasteiger charge is -2.03. The Hall–Kier alpha value is -2.18. The van der Waals surface area contributed by atoms with Crippen molar-refractivity contribution in [3.05, 3.63) is 52.1 Å². The number of anilines is 1. The number of benzene rings is 1. The quantitative estimate of drug-likeness (QED) is 0.778. The first-order valence-corrected chi connectivity index (χ1v) is 7.37. The van der Waals surface area contributed by atoms with Gasteiger partial charge in [-0.1, -0.05) is 11.6 Å². The van der Waals surface area contributed by atoms with Crippen molar-refractivity contribution < 1.29 is 4.79 Å². The molecule has 0 saturated heterocycles. The number of nitrogens with zero attached hydrogens (tertiary/aromatic N) is 2. The predicted molar refractivity (Wildman–Crippen MR) is 84.4 cm³/mol. The number of nitrogens with one attached hydrogen (secondary N) is 1. The van der Waals surface area contributed by atoms with Gasteiger partial charge in [-0.25, -0.2) is 0 Å². The number of rotatable bonds is 3. The van der Waals surface area contributed by atoms with Crippen LogP contribution in [0.3, 0.4) is 0 Å². The minimum Gasteiger partial charge on any atom is -0.397 e. The Bertz CT molecular complexity index is 803. The van der Waals surface area contributed by atoms with E-state index in [9.17, 15) is 4.79 Å². The molecule has 0 aliphatic rings. The maximum Gasteiger partial charge on any atom is 0.263 e. The van der Waals surface area contributed by atoms with Gasteiger partial charge in [-0.05, 0) is 30.3 Å². The number of nitrogens with two attached hydrogens (primary N) is 1. The zero-order valence-corrected chi connectivity index (χ0v) is 12.4. The van der Waals surface area contributed by atoms with Crippen LogP contribution in [-0.2, 0) is 6.54 Å². The topological polar surface area (TPSA) is 80.9 Å². The molecule has 0 unspecified atom stereocenters. The smallest absolute Gasteiger partial charge is 0.263 e. The van der Waals surface area contributed by atoms with Crippen molar-refractivity contribution in [3.8, 4) is 0 Å². The van der Waals surface area contributed by atoms with Crippen molar-refractivity contribution in [2.24, 2.45) is 0 Å². The zero-order valence-electron chi connectivity index (χ0n) is 10.8. The number of thiophene rings is 1. The van der Waals surface area contributed by atoms with E-state index in [1.807, 2.05) is 6.07 Å². The second-order valence-corrected chi connectivity index (χ2v) is 5.87. The van der Waals surface area contributed by atoms with E-state index < -0.39 is 0 Å². The summed E-state index contributed by atoms with van der Waals surface area (Å²) in [6.07, 6.45) is 1.58. The maximum absolute atomic E-state index is 12.2. The van der Waals surface area contributed by atoms with E-state index in [1.54, 1.807) is 30.5 Å². The second-order valence-electron chi connectivity index (χ2n) is 4.38. The standard InChI is InChI=1S/C14H11ClN4OS/c15-8-3-4-11-10(6-8)12(16)13(21-11)14(20)17-7-9-2-1-5-18-19-9/h1-6H,7,16H2,(H,17,20). The fraction of sp³-hybridized carbons (Fsp3) is 0.0714. The van der Waals surface area contributed by atoms with E-state index in [0.29, 0.717) is 27.8 Å². The third-order valence-electron chi connectivity index (χ3n) is 2.95. The third kappa shape index (κ3) is 2.81. The van der Waals surface area contributed by atoms with Gasteiger partial charge in [0, 0.05) is 21.3 Å². The molecule has 0 radical (unpaired) electrons. The summed E-state index contributed by atoms with van der Waals surface area (Å²) in [5.41, 5.74) is 7.18. The predicted octanol–water partition coefficient (Wildman–Crippen LogP) is 2.86. The Morgan fingerprint density at radius 2 is 2.24 bits per heavy atom. The van der Waals surface area contributed by atoms with Crippen LogP contribution in [-0.4, -0.2) is 16.1 Å². The van der Waals surface area contributed by atoms with Crippen LogP contribution in [0, 0.1) is 0 Å². The van der Waals surface area contributed by atoms with Crippen LogP contribution in [0.4, 0.5) is 5.69 Å². The zero-order chi connectivity index (χ0) is 14.8. The van der Waals surface area contributed by atoms with Crippen molar-refractivity contribution in [2.45, 2.75) is 6.54 Å². The van der Waals surface area contributed by atoms with Gasteiger partial charge in [0.1, 0.15) is 4.88 Å². The van der Waals surface area contributed by atoms with Gasteiger partial charge in [-0.2, -0.15) is 10.2 Å². The number of carbonyl (C=O) groups excluding carboxylic acids is 1. The van der Waals surface area contributed by atoms with Gasteiger partial charge in [-0.3, -0.25) is 4.79 Å². The Morgan fingerprint density at radius 3 is 3.00 bits per heavy atom. The first-order valence-electron chi connectivity index (χ1n) is 6.17. The molecule has 3 rings (SSSR count). The molecule has 0 saturated carbocycles. The summed E-state index contributed by atoms with van der Waals surface area (Å²) < 4.78 is 0.932. The lowest BCUT2D eigenvalue weighted by Crippen LogP contribution is -2.23. The highest BCUT2D eigenvalue weighted by Gasteiger charge is 2.16. The van der Waals surface area contributed by atoms with Crippen LogP contribution in [0.15, 0.2) is 36.5 Å². The lowest BCUT2D eigenvalue weighted by molar-refractivity contribution is 0.0955. The molecule has 21 heavy (non-hydrogen) atoms. The summed E-state index contributed by atoms with van der Waals surface area (Å²) in [4.78, 5) is 12.7. The number of aromatic nitrogens is 2. The van der Waals surface area contributed by atoms with E-state index in [4.69, 9.17) is 17.3 Å². The van der Waals surface area contributed by atoms with Crippen molar-refractivity contribution in [2.75, 3.05) is 5.73 Å². The molecule has 0 fully saturated rings. The highest BCUT2D eigenvalue weighted by atomic mass is 35.5. The maximum atomic E-state index is 12.2. The minimum atomic E-state index is -0.226. The van der Waals surface area contributed by atoms with Gasteiger partial charge in [0.2, 0.25) is 0 Å². The van der Waals surface area contributed by atoms with Crippen LogP contribution in [0.25, 0.3) is 10.1 Å². The summed E-state index contributed by atoms with van der Waals surface area (Å²) >= 11 is 7.30. The molecule has 0 aliphatic carbocycles. The Kier molecular flexibility index (Phi) is 3.72. The monoisotopic (exact) mass is 318 g/mol. The van der Waals surface area contributed by atoms with Gasteiger partial charge in [0.25, 0.3) is 5.91 Å². The molecule has 5 nitrogen and oxygen atoms in total. The summed E-state index contributed by atoms with van der Waals surface area (Å²) in [5.74, 6) is -0.226.